The van der Waals surface area contributed by atoms with Crippen LogP contribution in [-0.2, 0) is 11.3 Å². The number of nitrogens with zero attached hydrogens (tertiary/aromatic N) is 2. The molecule has 0 fully saturated rings. The van der Waals surface area contributed by atoms with Crippen LogP contribution in [-0.4, -0.2) is 29.4 Å². The summed E-state index contributed by atoms with van der Waals surface area (Å²) in [5.74, 6) is -0.0538. The Labute approximate surface area is 132 Å². The van der Waals surface area contributed by atoms with Gasteiger partial charge in [-0.05, 0) is 25.2 Å². The van der Waals surface area contributed by atoms with Crippen molar-refractivity contribution in [3.8, 4) is 0 Å². The Morgan fingerprint density at radius 1 is 1.52 bits per heavy atom. The van der Waals surface area contributed by atoms with Gasteiger partial charge in [-0.1, -0.05) is 11.6 Å². The van der Waals surface area contributed by atoms with E-state index in [-0.39, 0.29) is 5.91 Å². The fourth-order valence-electron chi connectivity index (χ4n) is 1.81. The number of rotatable bonds is 6. The zero-order valence-electron chi connectivity index (χ0n) is 11.7. The summed E-state index contributed by atoms with van der Waals surface area (Å²) in [6.07, 6.45) is 0.406. The van der Waals surface area contributed by atoms with Crippen molar-refractivity contribution >= 4 is 40.2 Å². The minimum Gasteiger partial charge on any atom is -0.397 e. The molecule has 7 heteroatoms. The van der Waals surface area contributed by atoms with Crippen LogP contribution in [0.25, 0.3) is 0 Å². The lowest BCUT2D eigenvalue weighted by atomic mass is 10.2. The van der Waals surface area contributed by atoms with E-state index in [0.717, 1.165) is 12.2 Å². The molecule has 2 rings (SSSR count). The molecule has 0 spiro atoms. The third kappa shape index (κ3) is 5.00. The monoisotopic (exact) mass is 324 g/mol. The number of aromatic nitrogens is 1. The van der Waals surface area contributed by atoms with Crippen LogP contribution in [0.3, 0.4) is 0 Å². The minimum absolute atomic E-state index is 0.0538. The van der Waals surface area contributed by atoms with Gasteiger partial charge in [0.15, 0.2) is 0 Å². The van der Waals surface area contributed by atoms with Crippen LogP contribution in [0.2, 0.25) is 5.02 Å². The van der Waals surface area contributed by atoms with Crippen LogP contribution >= 0.6 is 22.9 Å². The first-order valence-corrected chi connectivity index (χ1v) is 7.77. The van der Waals surface area contributed by atoms with Gasteiger partial charge in [0.25, 0.3) is 0 Å². The molecule has 0 bridgehead atoms. The Morgan fingerprint density at radius 2 is 2.33 bits per heavy atom. The molecule has 0 unspecified atom stereocenters. The lowest BCUT2D eigenvalue weighted by Crippen LogP contribution is -2.24. The molecule has 112 valence electrons. The van der Waals surface area contributed by atoms with Gasteiger partial charge < -0.3 is 16.0 Å². The summed E-state index contributed by atoms with van der Waals surface area (Å²) >= 11 is 7.41. The van der Waals surface area contributed by atoms with Gasteiger partial charge in [-0.3, -0.25) is 4.79 Å². The van der Waals surface area contributed by atoms with Gasteiger partial charge in [-0.2, -0.15) is 0 Å². The maximum Gasteiger partial charge on any atom is 0.225 e. The van der Waals surface area contributed by atoms with Gasteiger partial charge in [0.05, 0.1) is 21.9 Å². The van der Waals surface area contributed by atoms with Gasteiger partial charge in [0, 0.05) is 30.6 Å². The predicted molar refractivity (Wildman–Crippen MR) is 87.6 cm³/mol. The van der Waals surface area contributed by atoms with E-state index < -0.39 is 0 Å². The molecule has 0 saturated heterocycles. The standard InChI is InChI=1S/C14H17ClN4OS/c1-19(7-11-8-21-9-17-11)5-4-14(20)18-10-2-3-12(15)13(16)6-10/h2-3,6,8-9H,4-5,7,16H2,1H3,(H,18,20). The number of amides is 1. The SMILES string of the molecule is CN(CCC(=O)Nc1ccc(Cl)c(N)c1)Cc1cscn1. The Morgan fingerprint density at radius 3 is 3.00 bits per heavy atom. The van der Waals surface area contributed by atoms with Crippen LogP contribution in [0.4, 0.5) is 11.4 Å². The number of nitrogens with two attached hydrogens (primary N) is 1. The highest BCUT2D eigenvalue weighted by atomic mass is 35.5. The van der Waals surface area contributed by atoms with E-state index in [0.29, 0.717) is 29.4 Å². The largest absolute Gasteiger partial charge is 0.397 e. The molecule has 1 amide bonds. The highest BCUT2D eigenvalue weighted by Crippen LogP contribution is 2.22. The molecule has 0 aliphatic heterocycles. The summed E-state index contributed by atoms with van der Waals surface area (Å²) in [7, 11) is 1.97. The number of nitrogens with one attached hydrogen (secondary N) is 1. The van der Waals surface area contributed by atoms with Crippen LogP contribution in [0, 0.1) is 0 Å². The molecule has 1 aromatic carbocycles. The van der Waals surface area contributed by atoms with E-state index >= 15 is 0 Å². The van der Waals surface area contributed by atoms with Crippen LogP contribution in [0.15, 0.2) is 29.1 Å². The first-order valence-electron chi connectivity index (χ1n) is 6.45. The average Bonchev–Trinajstić information content (AvgIpc) is 2.93. The molecule has 3 N–H and O–H groups in total. The number of halogens is 1. The number of thiazole rings is 1. The molecule has 5 nitrogen and oxygen atoms in total. The van der Waals surface area contributed by atoms with Crippen molar-refractivity contribution < 1.29 is 4.79 Å². The second-order valence-corrected chi connectivity index (χ2v) is 5.88. The molecule has 1 aromatic heterocycles. The van der Waals surface area contributed by atoms with Crippen molar-refractivity contribution in [2.24, 2.45) is 0 Å². The summed E-state index contributed by atoms with van der Waals surface area (Å²) < 4.78 is 0. The first-order chi connectivity index (χ1) is 10.0. The van der Waals surface area contributed by atoms with Crippen molar-refractivity contribution in [2.45, 2.75) is 13.0 Å². The summed E-state index contributed by atoms with van der Waals surface area (Å²) in [6.45, 7) is 1.40. The van der Waals surface area contributed by atoms with Crippen molar-refractivity contribution in [1.29, 1.82) is 0 Å². The first kappa shape index (κ1) is 15.8. The van der Waals surface area contributed by atoms with Crippen LogP contribution < -0.4 is 11.1 Å². The molecular weight excluding hydrogens is 308 g/mol. The van der Waals surface area contributed by atoms with Gasteiger partial charge >= 0.3 is 0 Å². The fourth-order valence-corrected chi connectivity index (χ4v) is 2.48. The Bertz CT molecular complexity index is 603. The Kier molecular flexibility index (Phi) is 5.55. The lowest BCUT2D eigenvalue weighted by Gasteiger charge is -2.15. The van der Waals surface area contributed by atoms with Crippen LogP contribution in [0.1, 0.15) is 12.1 Å². The minimum atomic E-state index is -0.0538. The predicted octanol–water partition coefficient (Wildman–Crippen LogP) is 2.84. The molecule has 0 atom stereocenters. The molecule has 21 heavy (non-hydrogen) atoms. The van der Waals surface area contributed by atoms with Gasteiger partial charge in [0.2, 0.25) is 5.91 Å². The highest BCUT2D eigenvalue weighted by Gasteiger charge is 2.07. The number of carbonyl (C=O) groups is 1. The fraction of sp³-hybridized carbons (Fsp3) is 0.286. The quantitative estimate of drug-likeness (QED) is 0.801. The van der Waals surface area contributed by atoms with Gasteiger partial charge in [-0.15, -0.1) is 11.3 Å². The summed E-state index contributed by atoms with van der Waals surface area (Å²) in [4.78, 5) is 18.2. The summed E-state index contributed by atoms with van der Waals surface area (Å²) in [5.41, 5.74) is 9.64. The van der Waals surface area contributed by atoms with Crippen molar-refractivity contribution in [2.75, 3.05) is 24.6 Å². The Balaban J connectivity index is 1.77. The third-order valence-corrected chi connectivity index (χ3v) is 3.90. The van der Waals surface area contributed by atoms with E-state index in [1.807, 2.05) is 12.4 Å². The average molecular weight is 325 g/mol. The van der Waals surface area contributed by atoms with E-state index in [1.54, 1.807) is 35.0 Å². The zero-order chi connectivity index (χ0) is 15.2. The lowest BCUT2D eigenvalue weighted by molar-refractivity contribution is -0.116. The number of carbonyl (C=O) groups excluding carboxylic acids is 1. The number of hydrogen-bond donors (Lipinski definition) is 2. The summed E-state index contributed by atoms with van der Waals surface area (Å²) in [6, 6.07) is 5.05. The molecule has 2 aromatic rings. The van der Waals surface area contributed by atoms with Gasteiger partial charge in [0.1, 0.15) is 0 Å². The second-order valence-electron chi connectivity index (χ2n) is 4.75. The second kappa shape index (κ2) is 7.40. The maximum absolute atomic E-state index is 11.9. The smallest absolute Gasteiger partial charge is 0.225 e. The molecule has 0 radical (unpaired) electrons. The molecule has 0 saturated carbocycles. The van der Waals surface area contributed by atoms with E-state index in [1.165, 1.54) is 0 Å². The summed E-state index contributed by atoms with van der Waals surface area (Å²) in [5, 5.41) is 5.30. The Hall–Kier alpha value is -1.63. The third-order valence-electron chi connectivity index (χ3n) is 2.92. The van der Waals surface area contributed by atoms with E-state index in [2.05, 4.69) is 15.2 Å². The number of benzene rings is 1. The number of nitrogen functional groups attached to an aromatic ring is 1. The number of anilines is 2. The van der Waals surface area contributed by atoms with Crippen molar-refractivity contribution in [3.63, 3.8) is 0 Å². The number of hydrogen-bond acceptors (Lipinski definition) is 5. The van der Waals surface area contributed by atoms with E-state index in [9.17, 15) is 4.79 Å². The van der Waals surface area contributed by atoms with Crippen molar-refractivity contribution in [3.05, 3.63) is 39.8 Å². The topological polar surface area (TPSA) is 71.2 Å². The molecule has 1 heterocycles. The van der Waals surface area contributed by atoms with Crippen molar-refractivity contribution in [1.82, 2.24) is 9.88 Å². The molecule has 0 aliphatic carbocycles. The molecular formula is C14H17ClN4OS. The normalized spacial score (nSPS) is 10.8. The highest BCUT2D eigenvalue weighted by molar-refractivity contribution is 7.07. The zero-order valence-corrected chi connectivity index (χ0v) is 13.2. The van der Waals surface area contributed by atoms with Gasteiger partial charge in [-0.25, -0.2) is 4.98 Å². The van der Waals surface area contributed by atoms with Crippen LogP contribution in [0.5, 0.6) is 0 Å². The molecule has 0 aliphatic rings. The maximum atomic E-state index is 11.9. The van der Waals surface area contributed by atoms with E-state index in [4.69, 9.17) is 17.3 Å².